The first-order valence-corrected chi connectivity index (χ1v) is 9.34. The maximum Gasteiger partial charge on any atom is 0.0881 e. The predicted molar refractivity (Wildman–Crippen MR) is 102 cm³/mol. The summed E-state index contributed by atoms with van der Waals surface area (Å²) in [6.07, 6.45) is 2.38. The minimum Gasteiger partial charge on any atom is -0.370 e. The average molecular weight is 340 g/mol. The fourth-order valence-electron chi connectivity index (χ4n) is 4.02. The molecule has 2 aliphatic rings. The van der Waals surface area contributed by atoms with Crippen molar-refractivity contribution in [2.75, 3.05) is 57.8 Å². The highest BCUT2D eigenvalue weighted by molar-refractivity contribution is 5.91. The molecule has 4 rings (SSSR count). The molecule has 0 radical (unpaired) electrons. The smallest absolute Gasteiger partial charge is 0.0881 e. The number of fused-ring (bicyclic) bond motifs is 1. The third-order valence-electron chi connectivity index (χ3n) is 5.35. The number of benzene rings is 1. The molecule has 0 spiro atoms. The summed E-state index contributed by atoms with van der Waals surface area (Å²) in [7, 11) is 2.20. The van der Waals surface area contributed by atoms with Crippen LogP contribution in [0.5, 0.6) is 0 Å². The van der Waals surface area contributed by atoms with Crippen molar-refractivity contribution in [3.05, 3.63) is 36.5 Å². The molecule has 0 bridgehead atoms. The van der Waals surface area contributed by atoms with Crippen molar-refractivity contribution in [2.24, 2.45) is 0 Å². The summed E-state index contributed by atoms with van der Waals surface area (Å²) in [6.45, 7) is 9.69. The predicted octanol–water partition coefficient (Wildman–Crippen LogP) is 2.08. The molecule has 1 aromatic carbocycles. The maximum absolute atomic E-state index is 6.27. The van der Waals surface area contributed by atoms with Crippen molar-refractivity contribution in [3.63, 3.8) is 0 Å². The van der Waals surface area contributed by atoms with Gasteiger partial charge in [-0.25, -0.2) is 0 Å². The third kappa shape index (κ3) is 3.78. The van der Waals surface area contributed by atoms with Crippen LogP contribution in [0.2, 0.25) is 0 Å². The molecular weight excluding hydrogens is 312 g/mol. The number of nitrogens with zero attached hydrogens (tertiary/aromatic N) is 4. The Hall–Kier alpha value is -1.69. The van der Waals surface area contributed by atoms with Crippen LogP contribution in [0, 0.1) is 0 Å². The molecule has 5 nitrogen and oxygen atoms in total. The highest BCUT2D eigenvalue weighted by Gasteiger charge is 2.28. The van der Waals surface area contributed by atoms with E-state index >= 15 is 0 Å². The first-order chi connectivity index (χ1) is 12.2. The van der Waals surface area contributed by atoms with Gasteiger partial charge in [0.05, 0.1) is 17.7 Å². The first-order valence-electron chi connectivity index (χ1n) is 9.34. The SMILES string of the molecule is CC1CN(c2cccc3ncccc23)CC(CN2CCN(C)CC2)O1. The van der Waals surface area contributed by atoms with Gasteiger partial charge < -0.3 is 14.5 Å². The van der Waals surface area contributed by atoms with Gasteiger partial charge in [0.25, 0.3) is 0 Å². The van der Waals surface area contributed by atoms with Gasteiger partial charge in [0.1, 0.15) is 0 Å². The van der Waals surface area contributed by atoms with E-state index in [9.17, 15) is 0 Å². The van der Waals surface area contributed by atoms with E-state index in [1.165, 1.54) is 11.1 Å². The number of morpholine rings is 1. The molecule has 5 heteroatoms. The number of aromatic nitrogens is 1. The van der Waals surface area contributed by atoms with Crippen LogP contribution < -0.4 is 4.90 Å². The molecule has 3 heterocycles. The Labute approximate surface area is 150 Å². The van der Waals surface area contributed by atoms with E-state index in [-0.39, 0.29) is 12.2 Å². The first kappa shape index (κ1) is 16.8. The van der Waals surface area contributed by atoms with E-state index in [1.54, 1.807) is 0 Å². The van der Waals surface area contributed by atoms with Gasteiger partial charge in [-0.15, -0.1) is 0 Å². The molecule has 134 valence electrons. The number of anilines is 1. The molecule has 1 aromatic heterocycles. The number of piperazine rings is 1. The average Bonchev–Trinajstić information content (AvgIpc) is 2.63. The van der Waals surface area contributed by atoms with E-state index < -0.39 is 0 Å². The van der Waals surface area contributed by atoms with E-state index in [0.717, 1.165) is 51.3 Å². The molecular formula is C20H28N4O. The Kier molecular flexibility index (Phi) is 4.88. The summed E-state index contributed by atoms with van der Waals surface area (Å²) in [6, 6.07) is 10.6. The van der Waals surface area contributed by atoms with Crippen LogP contribution in [0.15, 0.2) is 36.5 Å². The fraction of sp³-hybridized carbons (Fsp3) is 0.550. The van der Waals surface area contributed by atoms with E-state index in [4.69, 9.17) is 4.74 Å². The largest absolute Gasteiger partial charge is 0.370 e. The summed E-state index contributed by atoms with van der Waals surface area (Å²) >= 11 is 0. The third-order valence-corrected chi connectivity index (χ3v) is 5.35. The van der Waals surface area contributed by atoms with Crippen molar-refractivity contribution in [2.45, 2.75) is 19.1 Å². The lowest BCUT2D eigenvalue weighted by Crippen LogP contribution is -2.53. The lowest BCUT2D eigenvalue weighted by molar-refractivity contribution is -0.0369. The van der Waals surface area contributed by atoms with Crippen molar-refractivity contribution in [3.8, 4) is 0 Å². The number of hydrogen-bond acceptors (Lipinski definition) is 5. The van der Waals surface area contributed by atoms with Crippen molar-refractivity contribution in [1.82, 2.24) is 14.8 Å². The second-order valence-electron chi connectivity index (χ2n) is 7.42. The van der Waals surface area contributed by atoms with Crippen LogP contribution in [0.4, 0.5) is 5.69 Å². The van der Waals surface area contributed by atoms with Crippen molar-refractivity contribution in [1.29, 1.82) is 0 Å². The summed E-state index contributed by atoms with van der Waals surface area (Å²) < 4.78 is 6.27. The topological polar surface area (TPSA) is 31.8 Å². The van der Waals surface area contributed by atoms with Gasteiger partial charge in [-0.2, -0.15) is 0 Å². The monoisotopic (exact) mass is 340 g/mol. The second-order valence-corrected chi connectivity index (χ2v) is 7.42. The summed E-state index contributed by atoms with van der Waals surface area (Å²) in [5.41, 5.74) is 2.35. The van der Waals surface area contributed by atoms with E-state index in [1.807, 2.05) is 12.3 Å². The Bertz CT molecular complexity index is 708. The molecule has 2 aliphatic heterocycles. The van der Waals surface area contributed by atoms with E-state index in [2.05, 4.69) is 57.9 Å². The quantitative estimate of drug-likeness (QED) is 0.854. The number of ether oxygens (including phenoxy) is 1. The maximum atomic E-state index is 6.27. The lowest BCUT2D eigenvalue weighted by atomic mass is 10.1. The number of pyridine rings is 1. The molecule has 2 atom stereocenters. The zero-order valence-electron chi connectivity index (χ0n) is 15.3. The van der Waals surface area contributed by atoms with Gasteiger partial charge in [-0.1, -0.05) is 6.07 Å². The number of rotatable bonds is 3. The molecule has 0 aliphatic carbocycles. The lowest BCUT2D eigenvalue weighted by Gasteiger charge is -2.41. The van der Waals surface area contributed by atoms with Gasteiger partial charge in [-0.3, -0.25) is 9.88 Å². The molecule has 2 saturated heterocycles. The van der Waals surface area contributed by atoms with Crippen LogP contribution >= 0.6 is 0 Å². The van der Waals surface area contributed by atoms with Gasteiger partial charge in [0.2, 0.25) is 0 Å². The van der Waals surface area contributed by atoms with Crippen LogP contribution in [0.25, 0.3) is 10.9 Å². The van der Waals surface area contributed by atoms with Crippen molar-refractivity contribution >= 4 is 16.6 Å². The molecule has 0 N–H and O–H groups in total. The second kappa shape index (κ2) is 7.28. The molecule has 0 saturated carbocycles. The molecule has 2 fully saturated rings. The highest BCUT2D eigenvalue weighted by atomic mass is 16.5. The Morgan fingerprint density at radius 3 is 2.76 bits per heavy atom. The van der Waals surface area contributed by atoms with E-state index in [0.29, 0.717) is 0 Å². The standard InChI is InChI=1S/C20H28N4O/c1-16-13-24(20-7-3-6-19-18(20)5-4-8-21-19)15-17(25-16)14-23-11-9-22(2)10-12-23/h3-8,16-17H,9-15H2,1-2H3. The zero-order chi connectivity index (χ0) is 17.2. The summed E-state index contributed by atoms with van der Waals surface area (Å²) in [5, 5.41) is 1.23. The number of likely N-dealkylation sites (N-methyl/N-ethyl adjacent to an activating group) is 1. The Balaban J connectivity index is 1.50. The molecule has 0 amide bonds. The van der Waals surface area contributed by atoms with Gasteiger partial charge in [0, 0.05) is 63.1 Å². The summed E-state index contributed by atoms with van der Waals surface area (Å²) in [4.78, 5) is 11.9. The minimum atomic E-state index is 0.248. The van der Waals surface area contributed by atoms with Gasteiger partial charge in [-0.05, 0) is 38.2 Å². The summed E-state index contributed by atoms with van der Waals surface area (Å²) in [5.74, 6) is 0. The molecule has 25 heavy (non-hydrogen) atoms. The molecule has 2 aromatic rings. The normalized spacial score (nSPS) is 26.2. The van der Waals surface area contributed by atoms with Crippen LogP contribution in [0.3, 0.4) is 0 Å². The highest BCUT2D eigenvalue weighted by Crippen LogP contribution is 2.28. The van der Waals surface area contributed by atoms with Crippen LogP contribution in [0.1, 0.15) is 6.92 Å². The minimum absolute atomic E-state index is 0.248. The Morgan fingerprint density at radius 1 is 1.08 bits per heavy atom. The number of hydrogen-bond donors (Lipinski definition) is 0. The Morgan fingerprint density at radius 2 is 1.92 bits per heavy atom. The van der Waals surface area contributed by atoms with Gasteiger partial charge >= 0.3 is 0 Å². The zero-order valence-corrected chi connectivity index (χ0v) is 15.3. The molecule has 2 unspecified atom stereocenters. The fourth-order valence-corrected chi connectivity index (χ4v) is 4.02. The van der Waals surface area contributed by atoms with Gasteiger partial charge in [0.15, 0.2) is 0 Å². The van der Waals surface area contributed by atoms with Crippen LogP contribution in [-0.2, 0) is 4.74 Å². The van der Waals surface area contributed by atoms with Crippen LogP contribution in [-0.4, -0.2) is 79.9 Å². The van der Waals surface area contributed by atoms with Crippen molar-refractivity contribution < 1.29 is 4.74 Å².